The molecule has 2 N–H and O–H groups in total. The van der Waals surface area contributed by atoms with Crippen molar-refractivity contribution in [2.75, 3.05) is 5.43 Å². The van der Waals surface area contributed by atoms with Crippen LogP contribution in [0.25, 0.3) is 10.9 Å². The summed E-state index contributed by atoms with van der Waals surface area (Å²) in [7, 11) is 0. The molecule has 0 radical (unpaired) electrons. The third kappa shape index (κ3) is 2.76. The molecule has 0 aliphatic carbocycles. The zero-order valence-electron chi connectivity index (χ0n) is 11.1. The lowest BCUT2D eigenvalue weighted by molar-refractivity contribution is 0.0966. The van der Waals surface area contributed by atoms with Crippen LogP contribution < -0.4 is 10.7 Å². The molecule has 0 aliphatic rings. The molecular weight excluding hydrogens is 266 g/mol. The van der Waals surface area contributed by atoms with E-state index in [2.05, 4.69) is 10.7 Å². The number of imide groups is 1. The van der Waals surface area contributed by atoms with Crippen molar-refractivity contribution in [3.63, 3.8) is 0 Å². The number of benzene rings is 2. The number of fused-ring (bicyclic) bond motifs is 1. The number of hydrogen-bond donors (Lipinski definition) is 2. The lowest BCUT2D eigenvalue weighted by Gasteiger charge is -2.08. The van der Waals surface area contributed by atoms with Crippen LogP contribution in [0.5, 0.6) is 0 Å². The molecule has 0 bridgehead atoms. The predicted octanol–water partition coefficient (Wildman–Crippen LogP) is 2.73. The van der Waals surface area contributed by atoms with Gasteiger partial charge in [0, 0.05) is 17.1 Å². The zero-order chi connectivity index (χ0) is 14.7. The largest absolute Gasteiger partial charge is 0.340 e. The summed E-state index contributed by atoms with van der Waals surface area (Å²) in [5.41, 5.74) is 3.91. The summed E-state index contributed by atoms with van der Waals surface area (Å²) in [6, 6.07) is 17.5. The van der Waals surface area contributed by atoms with E-state index in [1.807, 2.05) is 36.4 Å². The molecule has 0 saturated heterocycles. The van der Waals surface area contributed by atoms with Crippen LogP contribution in [0.15, 0.2) is 66.9 Å². The van der Waals surface area contributed by atoms with Gasteiger partial charge in [0.25, 0.3) is 5.91 Å². The molecule has 3 aromatic rings. The predicted molar refractivity (Wildman–Crippen MR) is 80.6 cm³/mol. The maximum atomic E-state index is 11.9. The van der Waals surface area contributed by atoms with Crippen LogP contribution in [0.3, 0.4) is 0 Å². The number of amides is 3. The second kappa shape index (κ2) is 5.50. The van der Waals surface area contributed by atoms with Crippen molar-refractivity contribution in [3.8, 4) is 0 Å². The lowest BCUT2D eigenvalue weighted by atomic mass is 10.2. The number of rotatable bonds is 2. The van der Waals surface area contributed by atoms with Crippen molar-refractivity contribution in [2.45, 2.75) is 0 Å². The van der Waals surface area contributed by atoms with E-state index in [1.165, 1.54) is 0 Å². The molecule has 0 saturated carbocycles. The minimum absolute atomic E-state index is 0.435. The monoisotopic (exact) mass is 279 g/mol. The number of nitrogens with zero attached hydrogens (tertiary/aromatic N) is 1. The third-order valence-corrected chi connectivity index (χ3v) is 3.08. The zero-order valence-corrected chi connectivity index (χ0v) is 11.1. The SMILES string of the molecule is O=C(NC(=O)c1ccccc1)Nn1ccc2ccccc21. The van der Waals surface area contributed by atoms with Crippen LogP contribution >= 0.6 is 0 Å². The Morgan fingerprint density at radius 2 is 1.57 bits per heavy atom. The molecule has 104 valence electrons. The molecule has 0 fully saturated rings. The molecule has 1 aromatic heterocycles. The van der Waals surface area contributed by atoms with Crippen molar-refractivity contribution in [3.05, 3.63) is 72.4 Å². The maximum absolute atomic E-state index is 11.9. The molecule has 1 heterocycles. The molecule has 2 aromatic carbocycles. The first-order valence-corrected chi connectivity index (χ1v) is 6.47. The topological polar surface area (TPSA) is 63.1 Å². The summed E-state index contributed by atoms with van der Waals surface area (Å²) in [6.45, 7) is 0. The van der Waals surface area contributed by atoms with Gasteiger partial charge < -0.3 is 0 Å². The smallest absolute Gasteiger partial charge is 0.273 e. The van der Waals surface area contributed by atoms with Crippen molar-refractivity contribution in [1.29, 1.82) is 0 Å². The van der Waals surface area contributed by atoms with Crippen molar-refractivity contribution in [1.82, 2.24) is 9.99 Å². The van der Waals surface area contributed by atoms with E-state index in [1.54, 1.807) is 35.1 Å². The molecule has 3 amide bonds. The molecule has 5 nitrogen and oxygen atoms in total. The van der Waals surface area contributed by atoms with Gasteiger partial charge in [0.2, 0.25) is 0 Å². The van der Waals surface area contributed by atoms with Gasteiger partial charge in [-0.05, 0) is 24.3 Å². The second-order valence-corrected chi connectivity index (χ2v) is 4.51. The minimum atomic E-state index is -0.579. The Balaban J connectivity index is 1.71. The highest BCUT2D eigenvalue weighted by molar-refractivity contribution is 6.06. The number of nitrogens with one attached hydrogen (secondary N) is 2. The van der Waals surface area contributed by atoms with Crippen LogP contribution in [0.4, 0.5) is 4.79 Å². The van der Waals surface area contributed by atoms with Gasteiger partial charge in [-0.25, -0.2) is 10.2 Å². The average molecular weight is 279 g/mol. The third-order valence-electron chi connectivity index (χ3n) is 3.08. The van der Waals surface area contributed by atoms with E-state index < -0.39 is 11.9 Å². The van der Waals surface area contributed by atoms with E-state index in [9.17, 15) is 9.59 Å². The van der Waals surface area contributed by atoms with E-state index in [-0.39, 0.29) is 0 Å². The normalized spacial score (nSPS) is 10.3. The quantitative estimate of drug-likeness (QED) is 0.757. The van der Waals surface area contributed by atoms with Gasteiger partial charge in [-0.15, -0.1) is 0 Å². The summed E-state index contributed by atoms with van der Waals surface area (Å²) in [5.74, 6) is -0.440. The molecule has 0 aliphatic heterocycles. The van der Waals surface area contributed by atoms with Gasteiger partial charge in [0.1, 0.15) is 0 Å². The van der Waals surface area contributed by atoms with Gasteiger partial charge >= 0.3 is 6.03 Å². The van der Waals surface area contributed by atoms with Crippen LogP contribution in [0.2, 0.25) is 0 Å². The van der Waals surface area contributed by atoms with E-state index in [0.29, 0.717) is 5.56 Å². The Morgan fingerprint density at radius 1 is 0.857 bits per heavy atom. The van der Waals surface area contributed by atoms with E-state index in [0.717, 1.165) is 10.9 Å². The van der Waals surface area contributed by atoms with Crippen molar-refractivity contribution >= 4 is 22.8 Å². The van der Waals surface area contributed by atoms with Crippen LogP contribution in [0, 0.1) is 0 Å². The molecule has 0 spiro atoms. The maximum Gasteiger partial charge on any atom is 0.340 e. The standard InChI is InChI=1S/C16H13N3O2/c20-15(13-7-2-1-3-8-13)17-16(21)18-19-11-10-12-6-4-5-9-14(12)19/h1-11H,(H2,17,18,20,21). The number of urea groups is 1. The van der Waals surface area contributed by atoms with Gasteiger partial charge in [0.15, 0.2) is 0 Å². The van der Waals surface area contributed by atoms with Crippen molar-refractivity contribution in [2.24, 2.45) is 0 Å². The van der Waals surface area contributed by atoms with Crippen LogP contribution in [-0.2, 0) is 0 Å². The van der Waals surface area contributed by atoms with Crippen LogP contribution in [0.1, 0.15) is 10.4 Å². The first kappa shape index (κ1) is 12.9. The van der Waals surface area contributed by atoms with Crippen LogP contribution in [-0.4, -0.2) is 16.6 Å². The Hall–Kier alpha value is -3.08. The molecular formula is C16H13N3O2. The Labute approximate surface area is 121 Å². The first-order valence-electron chi connectivity index (χ1n) is 6.47. The fourth-order valence-corrected chi connectivity index (χ4v) is 2.08. The minimum Gasteiger partial charge on any atom is -0.273 e. The average Bonchev–Trinajstić information content (AvgIpc) is 2.91. The van der Waals surface area contributed by atoms with E-state index >= 15 is 0 Å². The second-order valence-electron chi connectivity index (χ2n) is 4.51. The van der Waals surface area contributed by atoms with Gasteiger partial charge in [-0.1, -0.05) is 36.4 Å². The summed E-state index contributed by atoms with van der Waals surface area (Å²) in [6.07, 6.45) is 1.73. The highest BCUT2D eigenvalue weighted by Gasteiger charge is 2.10. The Morgan fingerprint density at radius 3 is 2.38 bits per heavy atom. The highest BCUT2D eigenvalue weighted by atomic mass is 16.2. The Bertz CT molecular complexity index is 793. The van der Waals surface area contributed by atoms with Gasteiger partial charge in [-0.3, -0.25) is 14.8 Å². The number of carbonyl (C=O) groups is 2. The molecule has 21 heavy (non-hydrogen) atoms. The molecule has 3 rings (SSSR count). The van der Waals surface area contributed by atoms with Crippen molar-refractivity contribution < 1.29 is 9.59 Å². The lowest BCUT2D eigenvalue weighted by Crippen LogP contribution is -2.37. The Kier molecular flexibility index (Phi) is 3.39. The fourth-order valence-electron chi connectivity index (χ4n) is 2.08. The number of para-hydroxylation sites is 1. The van der Waals surface area contributed by atoms with E-state index in [4.69, 9.17) is 0 Å². The number of carbonyl (C=O) groups excluding carboxylic acids is 2. The molecule has 0 atom stereocenters. The first-order chi connectivity index (χ1) is 10.2. The number of hydrogen-bond acceptors (Lipinski definition) is 2. The highest BCUT2D eigenvalue weighted by Crippen LogP contribution is 2.13. The number of aromatic nitrogens is 1. The summed E-state index contributed by atoms with van der Waals surface area (Å²) in [5, 5.41) is 3.30. The molecule has 0 unspecified atom stereocenters. The van der Waals surface area contributed by atoms with Gasteiger partial charge in [-0.2, -0.15) is 0 Å². The molecule has 5 heteroatoms. The summed E-state index contributed by atoms with van der Waals surface area (Å²) < 4.78 is 1.57. The van der Waals surface area contributed by atoms with Gasteiger partial charge in [0.05, 0.1) is 5.52 Å². The summed E-state index contributed by atoms with van der Waals surface area (Å²) in [4.78, 5) is 23.7. The summed E-state index contributed by atoms with van der Waals surface area (Å²) >= 11 is 0. The fraction of sp³-hybridized carbons (Fsp3) is 0.